The lowest BCUT2D eigenvalue weighted by molar-refractivity contribution is -0.122. The fourth-order valence-electron chi connectivity index (χ4n) is 5.08. The Bertz CT molecular complexity index is 918. The monoisotopic (exact) mass is 399 g/mol. The second-order valence-corrected chi connectivity index (χ2v) is 8.75. The van der Waals surface area contributed by atoms with Crippen LogP contribution in [0.3, 0.4) is 0 Å². The SMILES string of the molecule is CNC(=O)CN1CCCC(CCCN(C)[C@@H]2Cc3cccc4[nH]c(=O)n(c34)C2)C1. The zero-order chi connectivity index (χ0) is 20.4. The smallest absolute Gasteiger partial charge is 0.326 e. The van der Waals surface area contributed by atoms with E-state index in [2.05, 4.69) is 33.2 Å². The second kappa shape index (κ2) is 8.71. The van der Waals surface area contributed by atoms with Gasteiger partial charge in [0, 0.05) is 26.2 Å². The van der Waals surface area contributed by atoms with Crippen LogP contribution >= 0.6 is 0 Å². The lowest BCUT2D eigenvalue weighted by atomic mass is 9.93. The number of para-hydroxylation sites is 1. The third kappa shape index (κ3) is 4.41. The fourth-order valence-corrected chi connectivity index (χ4v) is 5.08. The van der Waals surface area contributed by atoms with E-state index in [0.29, 0.717) is 18.5 Å². The van der Waals surface area contributed by atoms with Gasteiger partial charge in [-0.25, -0.2) is 4.79 Å². The van der Waals surface area contributed by atoms with Crippen LogP contribution in [0.2, 0.25) is 0 Å². The number of carbonyl (C=O) groups excluding carboxylic acids is 1. The molecule has 1 saturated heterocycles. The highest BCUT2D eigenvalue weighted by Gasteiger charge is 2.26. The highest BCUT2D eigenvalue weighted by atomic mass is 16.2. The van der Waals surface area contributed by atoms with Crippen molar-refractivity contribution in [2.75, 3.05) is 40.3 Å². The molecule has 2 aromatic rings. The Morgan fingerprint density at radius 2 is 2.21 bits per heavy atom. The summed E-state index contributed by atoms with van der Waals surface area (Å²) in [7, 11) is 3.89. The summed E-state index contributed by atoms with van der Waals surface area (Å²) in [4.78, 5) is 31.7. The Balaban J connectivity index is 1.28. The molecule has 1 amide bonds. The van der Waals surface area contributed by atoms with Crippen LogP contribution in [0, 0.1) is 5.92 Å². The van der Waals surface area contributed by atoms with Crippen LogP contribution in [-0.2, 0) is 17.8 Å². The quantitative estimate of drug-likeness (QED) is 0.739. The molecule has 4 rings (SSSR count). The molecule has 1 fully saturated rings. The van der Waals surface area contributed by atoms with E-state index < -0.39 is 0 Å². The van der Waals surface area contributed by atoms with Crippen LogP contribution in [0.1, 0.15) is 31.2 Å². The fraction of sp³-hybridized carbons (Fsp3) is 0.636. The molecule has 0 bridgehead atoms. The Labute approximate surface area is 172 Å². The van der Waals surface area contributed by atoms with E-state index >= 15 is 0 Å². The maximum Gasteiger partial charge on any atom is 0.326 e. The van der Waals surface area contributed by atoms with E-state index in [-0.39, 0.29) is 11.6 Å². The van der Waals surface area contributed by atoms with Crippen molar-refractivity contribution in [3.8, 4) is 0 Å². The molecule has 2 aliphatic heterocycles. The number of benzene rings is 1. The molecule has 2 atom stereocenters. The van der Waals surface area contributed by atoms with E-state index in [1.807, 2.05) is 16.7 Å². The molecular formula is C22H33N5O2. The maximum absolute atomic E-state index is 12.3. The molecule has 3 heterocycles. The minimum atomic E-state index is 0.00367. The first-order valence-electron chi connectivity index (χ1n) is 10.9. The topological polar surface area (TPSA) is 73.4 Å². The van der Waals surface area contributed by atoms with Gasteiger partial charge in [-0.3, -0.25) is 14.3 Å². The summed E-state index contributed by atoms with van der Waals surface area (Å²) in [5.41, 5.74) is 3.30. The van der Waals surface area contributed by atoms with Gasteiger partial charge in [-0.15, -0.1) is 0 Å². The number of piperidine rings is 1. The first-order chi connectivity index (χ1) is 14.0. The Morgan fingerprint density at radius 1 is 1.34 bits per heavy atom. The van der Waals surface area contributed by atoms with E-state index in [1.165, 1.54) is 24.8 Å². The minimum Gasteiger partial charge on any atom is -0.358 e. The highest BCUT2D eigenvalue weighted by molar-refractivity contribution is 5.79. The molecule has 1 unspecified atom stereocenters. The zero-order valence-electron chi connectivity index (χ0n) is 17.6. The first kappa shape index (κ1) is 20.2. The zero-order valence-corrected chi connectivity index (χ0v) is 17.6. The Morgan fingerprint density at radius 3 is 3.03 bits per heavy atom. The lowest BCUT2D eigenvalue weighted by Crippen LogP contribution is -2.43. The number of likely N-dealkylation sites (N-methyl/N-ethyl adjacent to an activating group) is 2. The van der Waals surface area contributed by atoms with Crippen molar-refractivity contribution >= 4 is 16.9 Å². The van der Waals surface area contributed by atoms with Crippen molar-refractivity contribution in [3.63, 3.8) is 0 Å². The molecule has 2 aliphatic rings. The third-order valence-corrected chi connectivity index (χ3v) is 6.72. The van der Waals surface area contributed by atoms with E-state index in [4.69, 9.17) is 0 Å². The molecule has 7 nitrogen and oxygen atoms in total. The summed E-state index contributed by atoms with van der Waals surface area (Å²) in [6, 6.07) is 6.53. The van der Waals surface area contributed by atoms with Gasteiger partial charge in [0.2, 0.25) is 5.91 Å². The maximum atomic E-state index is 12.3. The molecule has 0 spiro atoms. The molecule has 1 aromatic carbocycles. The Kier molecular flexibility index (Phi) is 6.06. The average Bonchev–Trinajstić information content (AvgIpc) is 3.05. The predicted octanol–water partition coefficient (Wildman–Crippen LogP) is 1.42. The molecule has 2 N–H and O–H groups in total. The van der Waals surface area contributed by atoms with Crippen molar-refractivity contribution < 1.29 is 4.79 Å². The summed E-state index contributed by atoms with van der Waals surface area (Å²) in [6.45, 7) is 4.39. The minimum absolute atomic E-state index is 0.00367. The van der Waals surface area contributed by atoms with Gasteiger partial charge in [0.05, 0.1) is 17.6 Å². The Hall–Kier alpha value is -2.12. The third-order valence-electron chi connectivity index (χ3n) is 6.72. The largest absolute Gasteiger partial charge is 0.358 e. The summed E-state index contributed by atoms with van der Waals surface area (Å²) in [5, 5.41) is 2.72. The van der Waals surface area contributed by atoms with Gasteiger partial charge < -0.3 is 15.2 Å². The van der Waals surface area contributed by atoms with Crippen LogP contribution in [-0.4, -0.2) is 71.6 Å². The van der Waals surface area contributed by atoms with Crippen LogP contribution in [0.4, 0.5) is 0 Å². The van der Waals surface area contributed by atoms with Gasteiger partial charge in [-0.05, 0) is 69.8 Å². The van der Waals surface area contributed by atoms with Crippen molar-refractivity contribution in [2.45, 2.75) is 44.7 Å². The molecule has 0 aliphatic carbocycles. The van der Waals surface area contributed by atoms with Crippen LogP contribution in [0.5, 0.6) is 0 Å². The average molecular weight is 400 g/mol. The molecule has 29 heavy (non-hydrogen) atoms. The number of H-pyrrole nitrogens is 1. The lowest BCUT2D eigenvalue weighted by Gasteiger charge is -2.34. The highest BCUT2D eigenvalue weighted by Crippen LogP contribution is 2.25. The summed E-state index contributed by atoms with van der Waals surface area (Å²) in [6.07, 6.45) is 5.80. The molecule has 7 heteroatoms. The molecule has 158 valence electrons. The van der Waals surface area contributed by atoms with Crippen LogP contribution in [0.25, 0.3) is 11.0 Å². The number of hydrogen-bond acceptors (Lipinski definition) is 4. The number of hydrogen-bond donors (Lipinski definition) is 2. The summed E-state index contributed by atoms with van der Waals surface area (Å²) in [5.74, 6) is 0.790. The van der Waals surface area contributed by atoms with Crippen LogP contribution < -0.4 is 11.0 Å². The summed E-state index contributed by atoms with van der Waals surface area (Å²) < 4.78 is 1.91. The number of rotatable bonds is 7. The van der Waals surface area contributed by atoms with Crippen molar-refractivity contribution in [3.05, 3.63) is 34.2 Å². The molecule has 1 aromatic heterocycles. The van der Waals surface area contributed by atoms with Gasteiger partial charge in [-0.2, -0.15) is 0 Å². The number of amides is 1. The normalized spacial score (nSPS) is 22.3. The van der Waals surface area contributed by atoms with Gasteiger partial charge in [0.25, 0.3) is 0 Å². The van der Waals surface area contributed by atoms with E-state index in [0.717, 1.165) is 50.1 Å². The van der Waals surface area contributed by atoms with Crippen LogP contribution in [0.15, 0.2) is 23.0 Å². The number of aromatic nitrogens is 2. The van der Waals surface area contributed by atoms with Crippen molar-refractivity contribution in [2.24, 2.45) is 5.92 Å². The van der Waals surface area contributed by atoms with Gasteiger partial charge in [0.1, 0.15) is 0 Å². The number of carbonyl (C=O) groups is 1. The van der Waals surface area contributed by atoms with E-state index in [1.54, 1.807) is 7.05 Å². The van der Waals surface area contributed by atoms with Crippen molar-refractivity contribution in [1.82, 2.24) is 24.7 Å². The molecule has 0 radical (unpaired) electrons. The number of nitrogens with zero attached hydrogens (tertiary/aromatic N) is 3. The number of likely N-dealkylation sites (tertiary alicyclic amines) is 1. The first-order valence-corrected chi connectivity index (χ1v) is 10.9. The molecular weight excluding hydrogens is 366 g/mol. The van der Waals surface area contributed by atoms with Gasteiger partial charge in [-0.1, -0.05) is 12.1 Å². The second-order valence-electron chi connectivity index (χ2n) is 8.75. The molecule has 0 saturated carbocycles. The van der Waals surface area contributed by atoms with Gasteiger partial charge >= 0.3 is 5.69 Å². The number of aromatic amines is 1. The van der Waals surface area contributed by atoms with Gasteiger partial charge in [0.15, 0.2) is 0 Å². The standard InChI is InChI=1S/C22H33N5O2/c1-23-20(28)15-26-11-5-7-16(13-26)6-4-10-25(2)18-12-17-8-3-9-19-21(17)27(14-18)22(29)24-19/h3,8-9,16,18H,4-7,10-15H2,1-2H3,(H,23,28)(H,24,29)/t16?,18-/m1/s1. The predicted molar refractivity (Wildman–Crippen MR) is 115 cm³/mol. The number of imidazole rings is 1. The van der Waals surface area contributed by atoms with Crippen molar-refractivity contribution in [1.29, 1.82) is 0 Å². The van der Waals surface area contributed by atoms with E-state index in [9.17, 15) is 9.59 Å². The summed E-state index contributed by atoms with van der Waals surface area (Å²) >= 11 is 0. The number of nitrogens with one attached hydrogen (secondary N) is 2.